The van der Waals surface area contributed by atoms with Gasteiger partial charge in [0.25, 0.3) is 0 Å². The predicted octanol–water partition coefficient (Wildman–Crippen LogP) is 4.76. The fraction of sp³-hybridized carbons (Fsp3) is 0.318. The average molecular weight is 354 g/mol. The van der Waals surface area contributed by atoms with Crippen LogP contribution < -0.4 is 0 Å². The van der Waals surface area contributed by atoms with Crippen molar-refractivity contribution in [3.8, 4) is 11.5 Å². The Morgan fingerprint density at radius 1 is 1.00 bits per heavy atom. The van der Waals surface area contributed by atoms with Crippen LogP contribution in [-0.2, 0) is 11.2 Å². The number of esters is 1. The van der Waals surface area contributed by atoms with Crippen molar-refractivity contribution in [1.29, 1.82) is 0 Å². The number of carbonyl (C=O) groups excluding carboxylic acids is 1. The van der Waals surface area contributed by atoms with Crippen LogP contribution in [0.25, 0.3) is 0 Å². The molecule has 0 radical (unpaired) electrons. The Bertz CT molecular complexity index is 791. The molecule has 2 rings (SSSR count). The quantitative estimate of drug-likeness (QED) is 0.446. The number of aromatic hydroxyl groups is 2. The van der Waals surface area contributed by atoms with Gasteiger partial charge in [0.15, 0.2) is 0 Å². The number of allylic oxidation sites excluding steroid dienone is 1. The zero-order valence-electron chi connectivity index (χ0n) is 15.8. The number of rotatable bonds is 6. The molecule has 26 heavy (non-hydrogen) atoms. The molecule has 0 aliphatic rings. The standard InChI is InChI=1S/C22H26O4/c1-14(12-13-26-22(25)18-8-6-5-7-9-18)10-11-19-17(4)20(23)15(2)16(3)21(19)24/h5-9,12,23-24H,10-11,13H2,1-4H3. The molecule has 0 fully saturated rings. The minimum atomic E-state index is -0.345. The summed E-state index contributed by atoms with van der Waals surface area (Å²) in [5.41, 5.74) is 4.49. The van der Waals surface area contributed by atoms with Gasteiger partial charge in [-0.2, -0.15) is 0 Å². The van der Waals surface area contributed by atoms with Gasteiger partial charge in [-0.15, -0.1) is 0 Å². The zero-order chi connectivity index (χ0) is 19.3. The monoisotopic (exact) mass is 354 g/mol. The molecule has 4 heteroatoms. The molecular weight excluding hydrogens is 328 g/mol. The first-order valence-electron chi connectivity index (χ1n) is 8.71. The van der Waals surface area contributed by atoms with Gasteiger partial charge in [-0.25, -0.2) is 4.79 Å². The molecule has 2 aromatic carbocycles. The summed E-state index contributed by atoms with van der Waals surface area (Å²) in [6.07, 6.45) is 3.19. The SMILES string of the molecule is CC(=CCOC(=O)c1ccccc1)CCc1c(C)c(O)c(C)c(C)c1O. The maximum Gasteiger partial charge on any atom is 0.338 e. The summed E-state index contributed by atoms with van der Waals surface area (Å²) >= 11 is 0. The van der Waals surface area contributed by atoms with Crippen LogP contribution in [0, 0.1) is 20.8 Å². The maximum absolute atomic E-state index is 11.9. The van der Waals surface area contributed by atoms with Crippen LogP contribution in [0.15, 0.2) is 42.0 Å². The highest BCUT2D eigenvalue weighted by Crippen LogP contribution is 2.37. The summed E-state index contributed by atoms with van der Waals surface area (Å²) in [4.78, 5) is 11.9. The fourth-order valence-corrected chi connectivity index (χ4v) is 2.83. The first kappa shape index (κ1) is 19.6. The molecule has 2 aromatic rings. The van der Waals surface area contributed by atoms with Crippen molar-refractivity contribution in [3.05, 3.63) is 69.8 Å². The molecule has 4 nitrogen and oxygen atoms in total. The number of phenolic OH excluding ortho intramolecular Hbond substituents is 2. The van der Waals surface area contributed by atoms with Crippen LogP contribution in [0.5, 0.6) is 11.5 Å². The van der Waals surface area contributed by atoms with Gasteiger partial charge in [-0.1, -0.05) is 23.8 Å². The Morgan fingerprint density at radius 2 is 1.62 bits per heavy atom. The lowest BCUT2D eigenvalue weighted by molar-refractivity contribution is 0.0549. The second kappa shape index (κ2) is 8.56. The summed E-state index contributed by atoms with van der Waals surface area (Å²) in [5, 5.41) is 20.6. The van der Waals surface area contributed by atoms with Gasteiger partial charge in [-0.05, 0) is 75.4 Å². The molecule has 0 aliphatic carbocycles. The lowest BCUT2D eigenvalue weighted by Crippen LogP contribution is -2.05. The van der Waals surface area contributed by atoms with Crippen LogP contribution in [0.4, 0.5) is 0 Å². The Labute approximate surface area is 154 Å². The first-order valence-corrected chi connectivity index (χ1v) is 8.71. The van der Waals surface area contributed by atoms with E-state index in [0.717, 1.165) is 11.1 Å². The smallest absolute Gasteiger partial charge is 0.338 e. The number of ether oxygens (including phenoxy) is 1. The molecule has 0 saturated heterocycles. The van der Waals surface area contributed by atoms with Crippen molar-refractivity contribution in [2.75, 3.05) is 6.61 Å². The van der Waals surface area contributed by atoms with E-state index in [1.54, 1.807) is 38.1 Å². The van der Waals surface area contributed by atoms with Crippen molar-refractivity contribution in [2.45, 2.75) is 40.5 Å². The molecular formula is C22H26O4. The molecule has 0 atom stereocenters. The lowest BCUT2D eigenvalue weighted by Gasteiger charge is -2.16. The van der Waals surface area contributed by atoms with Crippen molar-refractivity contribution in [1.82, 2.24) is 0 Å². The largest absolute Gasteiger partial charge is 0.507 e. The van der Waals surface area contributed by atoms with E-state index in [2.05, 4.69) is 0 Å². The highest BCUT2D eigenvalue weighted by Gasteiger charge is 2.16. The molecule has 0 unspecified atom stereocenters. The number of hydrogen-bond donors (Lipinski definition) is 2. The molecule has 138 valence electrons. The highest BCUT2D eigenvalue weighted by molar-refractivity contribution is 5.89. The number of carbonyl (C=O) groups is 1. The summed E-state index contributed by atoms with van der Waals surface area (Å²) in [7, 11) is 0. The van der Waals surface area contributed by atoms with Crippen molar-refractivity contribution >= 4 is 5.97 Å². The summed E-state index contributed by atoms with van der Waals surface area (Å²) in [6.45, 7) is 7.59. The summed E-state index contributed by atoms with van der Waals surface area (Å²) in [6, 6.07) is 8.88. The third-order valence-electron chi connectivity index (χ3n) is 4.79. The van der Waals surface area contributed by atoms with Gasteiger partial charge in [0.05, 0.1) is 5.56 Å². The number of benzene rings is 2. The number of hydrogen-bond acceptors (Lipinski definition) is 4. The van der Waals surface area contributed by atoms with Crippen molar-refractivity contribution < 1.29 is 19.7 Å². The first-order chi connectivity index (χ1) is 12.3. The van der Waals surface area contributed by atoms with Crippen LogP contribution in [-0.4, -0.2) is 22.8 Å². The molecule has 2 N–H and O–H groups in total. The predicted molar refractivity (Wildman–Crippen MR) is 103 cm³/mol. The Morgan fingerprint density at radius 3 is 2.27 bits per heavy atom. The van der Waals surface area contributed by atoms with Crippen LogP contribution in [0.1, 0.15) is 46.0 Å². The van der Waals surface area contributed by atoms with Crippen molar-refractivity contribution in [2.24, 2.45) is 0 Å². The van der Waals surface area contributed by atoms with E-state index >= 15 is 0 Å². The summed E-state index contributed by atoms with van der Waals surface area (Å²) < 4.78 is 5.25. The second-order valence-electron chi connectivity index (χ2n) is 6.57. The van der Waals surface area contributed by atoms with Crippen molar-refractivity contribution in [3.63, 3.8) is 0 Å². The molecule has 0 aliphatic heterocycles. The van der Waals surface area contributed by atoms with E-state index in [1.807, 2.05) is 26.0 Å². The average Bonchev–Trinajstić information content (AvgIpc) is 2.65. The van der Waals surface area contributed by atoms with E-state index in [0.29, 0.717) is 35.1 Å². The maximum atomic E-state index is 11.9. The lowest BCUT2D eigenvalue weighted by atomic mass is 9.93. The molecule has 0 amide bonds. The minimum Gasteiger partial charge on any atom is -0.507 e. The van der Waals surface area contributed by atoms with Gasteiger partial charge >= 0.3 is 5.97 Å². The molecule has 0 spiro atoms. The van der Waals surface area contributed by atoms with E-state index in [4.69, 9.17) is 4.74 Å². The third-order valence-corrected chi connectivity index (χ3v) is 4.79. The minimum absolute atomic E-state index is 0.211. The van der Waals surface area contributed by atoms with Crippen LogP contribution in [0.2, 0.25) is 0 Å². The fourth-order valence-electron chi connectivity index (χ4n) is 2.83. The number of phenols is 2. The normalized spacial score (nSPS) is 11.5. The zero-order valence-corrected chi connectivity index (χ0v) is 15.8. The van der Waals surface area contributed by atoms with E-state index in [1.165, 1.54) is 0 Å². The highest BCUT2D eigenvalue weighted by atomic mass is 16.5. The van der Waals surface area contributed by atoms with E-state index in [-0.39, 0.29) is 24.1 Å². The van der Waals surface area contributed by atoms with Crippen LogP contribution >= 0.6 is 0 Å². The third kappa shape index (κ3) is 4.45. The summed E-state index contributed by atoms with van der Waals surface area (Å²) in [5.74, 6) is 0.150. The molecule has 0 heterocycles. The Hall–Kier alpha value is -2.75. The van der Waals surface area contributed by atoms with E-state index < -0.39 is 0 Å². The molecule has 0 bridgehead atoms. The topological polar surface area (TPSA) is 66.8 Å². The van der Waals surface area contributed by atoms with Gasteiger partial charge in [0, 0.05) is 5.56 Å². The van der Waals surface area contributed by atoms with E-state index in [9.17, 15) is 15.0 Å². The van der Waals surface area contributed by atoms with Gasteiger partial charge in [-0.3, -0.25) is 0 Å². The Kier molecular flexibility index (Phi) is 6.45. The van der Waals surface area contributed by atoms with Gasteiger partial charge < -0.3 is 14.9 Å². The van der Waals surface area contributed by atoms with Crippen LogP contribution in [0.3, 0.4) is 0 Å². The Balaban J connectivity index is 1.96. The second-order valence-corrected chi connectivity index (χ2v) is 6.57. The van der Waals surface area contributed by atoms with Gasteiger partial charge in [0.2, 0.25) is 0 Å². The molecule has 0 aromatic heterocycles. The molecule has 0 saturated carbocycles. The van der Waals surface area contributed by atoms with Gasteiger partial charge in [0.1, 0.15) is 18.1 Å².